The molecule has 0 saturated heterocycles. The number of nitrogens with one attached hydrogen (secondary N) is 1. The van der Waals surface area contributed by atoms with E-state index in [4.69, 9.17) is 0 Å². The van der Waals surface area contributed by atoms with E-state index in [2.05, 4.69) is 55.2 Å². The van der Waals surface area contributed by atoms with Gasteiger partial charge in [0.05, 0.1) is 5.69 Å². The number of likely N-dealkylation sites (N-methyl/N-ethyl adjacent to an activating group) is 1. The third-order valence-electron chi connectivity index (χ3n) is 4.44. The van der Waals surface area contributed by atoms with Gasteiger partial charge in [-0.05, 0) is 45.2 Å². The third kappa shape index (κ3) is 2.94. The molecule has 1 aliphatic carbocycles. The molecule has 1 N–H and O–H groups in total. The van der Waals surface area contributed by atoms with E-state index in [1.54, 1.807) is 0 Å². The minimum Gasteiger partial charge on any atom is -0.316 e. The Hall–Kier alpha value is -0.830. The summed E-state index contributed by atoms with van der Waals surface area (Å²) in [4.78, 5) is 0. The molecule has 0 bridgehead atoms. The maximum Gasteiger partial charge on any atom is 0.0640 e. The van der Waals surface area contributed by atoms with Crippen molar-refractivity contribution in [3.8, 4) is 0 Å². The van der Waals surface area contributed by atoms with Crippen molar-refractivity contribution in [1.82, 2.24) is 15.1 Å². The molecule has 1 aromatic rings. The third-order valence-corrected chi connectivity index (χ3v) is 4.44. The van der Waals surface area contributed by atoms with Gasteiger partial charge in [0.1, 0.15) is 0 Å². The van der Waals surface area contributed by atoms with Crippen LogP contribution >= 0.6 is 0 Å². The van der Waals surface area contributed by atoms with Crippen molar-refractivity contribution in [2.45, 2.75) is 58.5 Å². The van der Waals surface area contributed by atoms with Gasteiger partial charge in [0, 0.05) is 24.7 Å². The van der Waals surface area contributed by atoms with Crippen molar-refractivity contribution in [3.63, 3.8) is 0 Å². The van der Waals surface area contributed by atoms with Crippen LogP contribution in [0.25, 0.3) is 0 Å². The van der Waals surface area contributed by atoms with Gasteiger partial charge in [-0.15, -0.1) is 0 Å². The average molecular weight is 249 g/mol. The summed E-state index contributed by atoms with van der Waals surface area (Å²) in [6.45, 7) is 6.74. The molecule has 0 radical (unpaired) electrons. The Morgan fingerprint density at radius 3 is 2.72 bits per heavy atom. The Bertz CT molecular complexity index is 370. The second kappa shape index (κ2) is 5.87. The number of aromatic nitrogens is 2. The van der Waals surface area contributed by atoms with Crippen LogP contribution in [0.4, 0.5) is 0 Å². The van der Waals surface area contributed by atoms with E-state index in [-0.39, 0.29) is 0 Å². The molecular formula is C15H27N3. The SMILES string of the molecule is CNC(Cc1ccn(C(C)C)n1)C1CCCC1C. The standard InChI is InChI=1S/C15H27N3/c1-11(2)18-9-8-13(17-18)10-15(16-4)14-7-5-6-12(14)3/h8-9,11-12,14-16H,5-7,10H2,1-4H3. The minimum absolute atomic E-state index is 0.456. The lowest BCUT2D eigenvalue weighted by Gasteiger charge is -2.26. The predicted octanol–water partition coefficient (Wildman–Crippen LogP) is 3.03. The first-order valence-corrected chi connectivity index (χ1v) is 7.33. The quantitative estimate of drug-likeness (QED) is 0.869. The Morgan fingerprint density at radius 2 is 2.22 bits per heavy atom. The molecule has 102 valence electrons. The van der Waals surface area contributed by atoms with Gasteiger partial charge >= 0.3 is 0 Å². The molecule has 0 aromatic carbocycles. The Kier molecular flexibility index (Phi) is 4.44. The normalized spacial score (nSPS) is 25.8. The second-order valence-corrected chi connectivity index (χ2v) is 6.05. The molecule has 1 fully saturated rings. The maximum atomic E-state index is 4.67. The second-order valence-electron chi connectivity index (χ2n) is 6.05. The van der Waals surface area contributed by atoms with Crippen LogP contribution in [-0.2, 0) is 6.42 Å². The molecule has 1 aromatic heterocycles. The van der Waals surface area contributed by atoms with Gasteiger partial charge in [-0.2, -0.15) is 5.10 Å². The summed E-state index contributed by atoms with van der Waals surface area (Å²) in [6.07, 6.45) is 7.32. The van der Waals surface area contributed by atoms with Gasteiger partial charge in [0.25, 0.3) is 0 Å². The summed E-state index contributed by atoms with van der Waals surface area (Å²) in [7, 11) is 2.09. The number of nitrogens with zero attached hydrogens (tertiary/aromatic N) is 2. The Balaban J connectivity index is 2.00. The van der Waals surface area contributed by atoms with Crippen LogP contribution in [0.15, 0.2) is 12.3 Å². The molecule has 0 amide bonds. The minimum atomic E-state index is 0.456. The number of hydrogen-bond donors (Lipinski definition) is 1. The monoisotopic (exact) mass is 249 g/mol. The van der Waals surface area contributed by atoms with Gasteiger partial charge < -0.3 is 5.32 Å². The molecule has 1 aliphatic rings. The van der Waals surface area contributed by atoms with Crippen molar-refractivity contribution in [2.75, 3.05) is 7.05 Å². The molecular weight excluding hydrogens is 222 g/mol. The van der Waals surface area contributed by atoms with Crippen molar-refractivity contribution < 1.29 is 0 Å². The highest BCUT2D eigenvalue weighted by molar-refractivity contribution is 5.03. The fourth-order valence-corrected chi connectivity index (χ4v) is 3.24. The highest BCUT2D eigenvalue weighted by Crippen LogP contribution is 2.34. The highest BCUT2D eigenvalue weighted by Gasteiger charge is 2.30. The summed E-state index contributed by atoms with van der Waals surface area (Å²) in [5.41, 5.74) is 1.22. The molecule has 1 saturated carbocycles. The highest BCUT2D eigenvalue weighted by atomic mass is 15.3. The first kappa shape index (κ1) is 13.6. The summed E-state index contributed by atoms with van der Waals surface area (Å²) in [6, 6.07) is 3.21. The molecule has 2 rings (SSSR count). The van der Waals surface area contributed by atoms with Crippen molar-refractivity contribution in [3.05, 3.63) is 18.0 Å². The lowest BCUT2D eigenvalue weighted by molar-refractivity contribution is 0.306. The summed E-state index contributed by atoms with van der Waals surface area (Å²) < 4.78 is 2.06. The van der Waals surface area contributed by atoms with Crippen LogP contribution in [0.3, 0.4) is 0 Å². The molecule has 3 nitrogen and oxygen atoms in total. The Labute approximate surface area is 111 Å². The zero-order chi connectivity index (χ0) is 13.1. The van der Waals surface area contributed by atoms with Crippen LogP contribution in [0.2, 0.25) is 0 Å². The number of hydrogen-bond acceptors (Lipinski definition) is 2. The van der Waals surface area contributed by atoms with E-state index in [9.17, 15) is 0 Å². The smallest absolute Gasteiger partial charge is 0.0640 e. The first-order chi connectivity index (χ1) is 8.61. The van der Waals surface area contributed by atoms with E-state index in [0.29, 0.717) is 12.1 Å². The average Bonchev–Trinajstić information content (AvgIpc) is 2.95. The summed E-state index contributed by atoms with van der Waals surface area (Å²) in [5, 5.41) is 8.18. The molecule has 18 heavy (non-hydrogen) atoms. The molecule has 3 atom stereocenters. The van der Waals surface area contributed by atoms with Gasteiger partial charge in [0.15, 0.2) is 0 Å². The summed E-state index contributed by atoms with van der Waals surface area (Å²) >= 11 is 0. The van der Waals surface area contributed by atoms with Crippen LogP contribution in [0.5, 0.6) is 0 Å². The van der Waals surface area contributed by atoms with E-state index < -0.39 is 0 Å². The van der Waals surface area contributed by atoms with Crippen LogP contribution in [0.1, 0.15) is 51.8 Å². The Morgan fingerprint density at radius 1 is 1.44 bits per heavy atom. The van der Waals surface area contributed by atoms with Crippen molar-refractivity contribution in [1.29, 1.82) is 0 Å². The zero-order valence-electron chi connectivity index (χ0n) is 12.2. The fourth-order valence-electron chi connectivity index (χ4n) is 3.24. The van der Waals surface area contributed by atoms with E-state index >= 15 is 0 Å². The number of rotatable bonds is 5. The molecule has 3 heteroatoms. The van der Waals surface area contributed by atoms with Crippen LogP contribution < -0.4 is 5.32 Å². The summed E-state index contributed by atoms with van der Waals surface area (Å²) in [5.74, 6) is 1.67. The lowest BCUT2D eigenvalue weighted by Crippen LogP contribution is -2.37. The maximum absolute atomic E-state index is 4.67. The zero-order valence-corrected chi connectivity index (χ0v) is 12.2. The van der Waals surface area contributed by atoms with Crippen molar-refractivity contribution >= 4 is 0 Å². The first-order valence-electron chi connectivity index (χ1n) is 7.33. The van der Waals surface area contributed by atoms with Gasteiger partial charge in [0.2, 0.25) is 0 Å². The van der Waals surface area contributed by atoms with Gasteiger partial charge in [-0.3, -0.25) is 4.68 Å². The molecule has 0 aliphatic heterocycles. The molecule has 0 spiro atoms. The fraction of sp³-hybridized carbons (Fsp3) is 0.800. The van der Waals surface area contributed by atoms with Gasteiger partial charge in [-0.1, -0.05) is 19.8 Å². The van der Waals surface area contributed by atoms with Crippen LogP contribution in [0, 0.1) is 11.8 Å². The lowest BCUT2D eigenvalue weighted by atomic mass is 9.88. The van der Waals surface area contributed by atoms with E-state index in [1.165, 1.54) is 25.0 Å². The largest absolute Gasteiger partial charge is 0.316 e. The van der Waals surface area contributed by atoms with E-state index in [0.717, 1.165) is 18.3 Å². The van der Waals surface area contributed by atoms with Gasteiger partial charge in [-0.25, -0.2) is 0 Å². The van der Waals surface area contributed by atoms with E-state index in [1.807, 2.05) is 0 Å². The topological polar surface area (TPSA) is 29.9 Å². The molecule has 3 unspecified atom stereocenters. The predicted molar refractivity (Wildman–Crippen MR) is 75.7 cm³/mol. The van der Waals surface area contributed by atoms with Crippen molar-refractivity contribution in [2.24, 2.45) is 11.8 Å². The molecule has 1 heterocycles. The van der Waals surface area contributed by atoms with Crippen LogP contribution in [-0.4, -0.2) is 22.9 Å².